The number of rotatable bonds is 5. The Labute approximate surface area is 162 Å². The van der Waals surface area contributed by atoms with Crippen LogP contribution in [-0.4, -0.2) is 30.5 Å². The van der Waals surface area contributed by atoms with Gasteiger partial charge in [0.2, 0.25) is 5.91 Å². The molecule has 1 saturated heterocycles. The Hall–Kier alpha value is -2.57. The second-order valence-electron chi connectivity index (χ2n) is 7.21. The van der Waals surface area contributed by atoms with E-state index in [1.54, 1.807) is 4.90 Å². The highest BCUT2D eigenvalue weighted by molar-refractivity contribution is 5.79. The van der Waals surface area contributed by atoms with E-state index in [0.29, 0.717) is 25.9 Å². The van der Waals surface area contributed by atoms with Gasteiger partial charge in [0.1, 0.15) is 5.82 Å². The molecular weight excluding hydrogens is 367 g/mol. The molecule has 0 radical (unpaired) electrons. The number of carbonyl (C=O) groups is 1. The zero-order chi connectivity index (χ0) is 20.1. The first-order chi connectivity index (χ1) is 13.4. The molecule has 1 amide bonds. The molecule has 1 aromatic carbocycles. The summed E-state index contributed by atoms with van der Waals surface area (Å²) in [5.74, 6) is -0.389. The normalized spacial score (nSPS) is 18.6. The highest BCUT2D eigenvalue weighted by Crippen LogP contribution is 2.36. The number of pyridine rings is 1. The molecule has 2 aromatic rings. The first-order valence-electron chi connectivity index (χ1n) is 9.46. The van der Waals surface area contributed by atoms with E-state index in [9.17, 15) is 18.0 Å². The zero-order valence-electron chi connectivity index (χ0n) is 15.7. The number of nitrogens with one attached hydrogen (secondary N) is 1. The smallest absolute Gasteiger partial charge is 0.355 e. The standard InChI is InChI=1S/C21H24F3N3O/c1-15(16-7-3-2-4-8-16)13-26-20(28)17-9-6-12-27(14-17)19-18(21(22,23)24)10-5-11-25-19/h2-5,7-8,10-11,15,17H,6,9,12-14H2,1H3,(H,26,28). The van der Waals surface area contributed by atoms with Gasteiger partial charge in [-0.3, -0.25) is 4.79 Å². The lowest BCUT2D eigenvalue weighted by Crippen LogP contribution is -2.44. The van der Waals surface area contributed by atoms with Crippen molar-refractivity contribution in [2.75, 3.05) is 24.5 Å². The summed E-state index contributed by atoms with van der Waals surface area (Å²) in [6, 6.07) is 12.2. The Morgan fingerprint density at radius 2 is 2.00 bits per heavy atom. The number of benzene rings is 1. The summed E-state index contributed by atoms with van der Waals surface area (Å²) in [4.78, 5) is 18.1. The lowest BCUT2D eigenvalue weighted by atomic mass is 9.96. The maximum Gasteiger partial charge on any atom is 0.419 e. The minimum atomic E-state index is -4.47. The fraction of sp³-hybridized carbons (Fsp3) is 0.429. The van der Waals surface area contributed by atoms with Crippen LogP contribution in [0, 0.1) is 5.92 Å². The molecule has 1 aliphatic heterocycles. The van der Waals surface area contributed by atoms with Crippen molar-refractivity contribution in [1.82, 2.24) is 10.3 Å². The fourth-order valence-corrected chi connectivity index (χ4v) is 3.55. The molecule has 0 aliphatic carbocycles. The van der Waals surface area contributed by atoms with Gasteiger partial charge in [-0.1, -0.05) is 37.3 Å². The molecule has 1 fully saturated rings. The van der Waals surface area contributed by atoms with E-state index >= 15 is 0 Å². The highest BCUT2D eigenvalue weighted by Gasteiger charge is 2.37. The summed E-state index contributed by atoms with van der Waals surface area (Å²) in [6.45, 7) is 3.24. The molecule has 28 heavy (non-hydrogen) atoms. The lowest BCUT2D eigenvalue weighted by Gasteiger charge is -2.34. The van der Waals surface area contributed by atoms with Crippen molar-refractivity contribution in [1.29, 1.82) is 0 Å². The van der Waals surface area contributed by atoms with Crippen molar-refractivity contribution in [2.45, 2.75) is 31.9 Å². The first-order valence-corrected chi connectivity index (χ1v) is 9.46. The second kappa shape index (κ2) is 8.63. The number of aromatic nitrogens is 1. The molecule has 1 N–H and O–H groups in total. The van der Waals surface area contributed by atoms with Crippen molar-refractivity contribution < 1.29 is 18.0 Å². The van der Waals surface area contributed by atoms with Crippen molar-refractivity contribution in [3.05, 3.63) is 59.8 Å². The van der Waals surface area contributed by atoms with Crippen LogP contribution < -0.4 is 10.2 Å². The van der Waals surface area contributed by atoms with E-state index in [1.165, 1.54) is 12.3 Å². The summed E-state index contributed by atoms with van der Waals surface area (Å²) in [6.07, 6.45) is -1.80. The molecule has 3 rings (SSSR count). The Bertz CT molecular complexity index is 795. The molecular formula is C21H24F3N3O. The van der Waals surface area contributed by atoms with Gasteiger partial charge in [0.15, 0.2) is 0 Å². The third-order valence-electron chi connectivity index (χ3n) is 5.13. The fourth-order valence-electron chi connectivity index (χ4n) is 3.55. The average Bonchev–Trinajstić information content (AvgIpc) is 2.72. The van der Waals surface area contributed by atoms with Crippen molar-refractivity contribution in [2.24, 2.45) is 5.92 Å². The van der Waals surface area contributed by atoms with Crippen LogP contribution in [0.5, 0.6) is 0 Å². The summed E-state index contributed by atoms with van der Waals surface area (Å²) in [5, 5.41) is 2.96. The Balaban J connectivity index is 1.63. The van der Waals surface area contributed by atoms with E-state index in [-0.39, 0.29) is 30.1 Å². The van der Waals surface area contributed by atoms with E-state index in [0.717, 1.165) is 11.6 Å². The van der Waals surface area contributed by atoms with E-state index in [4.69, 9.17) is 0 Å². The molecule has 7 heteroatoms. The summed E-state index contributed by atoms with van der Waals surface area (Å²) >= 11 is 0. The molecule has 4 nitrogen and oxygen atoms in total. The van der Waals surface area contributed by atoms with E-state index in [1.807, 2.05) is 37.3 Å². The Morgan fingerprint density at radius 1 is 1.25 bits per heavy atom. The lowest BCUT2D eigenvalue weighted by molar-refractivity contribution is -0.137. The Morgan fingerprint density at radius 3 is 2.71 bits per heavy atom. The average molecular weight is 391 g/mol. The molecule has 2 unspecified atom stereocenters. The monoisotopic (exact) mass is 391 g/mol. The van der Waals surface area contributed by atoms with Crippen LogP contribution in [0.1, 0.15) is 36.8 Å². The summed E-state index contributed by atoms with van der Waals surface area (Å²) in [7, 11) is 0. The number of anilines is 1. The van der Waals surface area contributed by atoms with Gasteiger partial charge in [0.05, 0.1) is 11.5 Å². The third-order valence-corrected chi connectivity index (χ3v) is 5.13. The van der Waals surface area contributed by atoms with Gasteiger partial charge in [-0.15, -0.1) is 0 Å². The molecule has 0 spiro atoms. The number of nitrogens with zero attached hydrogens (tertiary/aromatic N) is 2. The predicted molar refractivity (Wildman–Crippen MR) is 102 cm³/mol. The molecule has 0 bridgehead atoms. The Kier molecular flexibility index (Phi) is 6.21. The van der Waals surface area contributed by atoms with Gasteiger partial charge in [0, 0.05) is 25.8 Å². The first kappa shape index (κ1) is 20.2. The molecule has 1 aromatic heterocycles. The summed E-state index contributed by atoms with van der Waals surface area (Å²) in [5.41, 5.74) is 0.380. The minimum Gasteiger partial charge on any atom is -0.355 e. The number of hydrogen-bond acceptors (Lipinski definition) is 3. The van der Waals surface area contributed by atoms with Crippen LogP contribution in [0.4, 0.5) is 19.0 Å². The molecule has 0 saturated carbocycles. The summed E-state index contributed by atoms with van der Waals surface area (Å²) < 4.78 is 39.9. The number of piperidine rings is 1. The number of amides is 1. The number of hydrogen-bond donors (Lipinski definition) is 1. The maximum atomic E-state index is 13.3. The van der Waals surface area contributed by atoms with Crippen LogP contribution >= 0.6 is 0 Å². The zero-order valence-corrected chi connectivity index (χ0v) is 15.7. The van der Waals surface area contributed by atoms with Crippen LogP contribution in [0.3, 0.4) is 0 Å². The number of alkyl halides is 3. The topological polar surface area (TPSA) is 45.2 Å². The van der Waals surface area contributed by atoms with Crippen molar-refractivity contribution in [3.8, 4) is 0 Å². The minimum absolute atomic E-state index is 0.0925. The number of carbonyl (C=O) groups excluding carboxylic acids is 1. The molecule has 2 heterocycles. The van der Waals surface area contributed by atoms with Gasteiger partial charge in [-0.25, -0.2) is 4.98 Å². The van der Waals surface area contributed by atoms with Gasteiger partial charge < -0.3 is 10.2 Å². The van der Waals surface area contributed by atoms with Crippen LogP contribution in [0.25, 0.3) is 0 Å². The van der Waals surface area contributed by atoms with Crippen LogP contribution in [0.15, 0.2) is 48.7 Å². The van der Waals surface area contributed by atoms with Gasteiger partial charge in [-0.05, 0) is 36.5 Å². The largest absolute Gasteiger partial charge is 0.419 e. The van der Waals surface area contributed by atoms with Crippen molar-refractivity contribution in [3.63, 3.8) is 0 Å². The van der Waals surface area contributed by atoms with Gasteiger partial charge >= 0.3 is 6.18 Å². The second-order valence-corrected chi connectivity index (χ2v) is 7.21. The van der Waals surface area contributed by atoms with Crippen LogP contribution in [0.2, 0.25) is 0 Å². The molecule has 1 aliphatic rings. The van der Waals surface area contributed by atoms with Gasteiger partial charge in [-0.2, -0.15) is 13.2 Å². The van der Waals surface area contributed by atoms with Crippen molar-refractivity contribution >= 4 is 11.7 Å². The highest BCUT2D eigenvalue weighted by atomic mass is 19.4. The quantitative estimate of drug-likeness (QED) is 0.829. The molecule has 2 atom stereocenters. The van der Waals surface area contributed by atoms with E-state index in [2.05, 4.69) is 10.3 Å². The predicted octanol–water partition coefficient (Wildman–Crippen LogP) is 4.24. The third kappa shape index (κ3) is 4.82. The van der Waals surface area contributed by atoms with E-state index < -0.39 is 11.7 Å². The molecule has 150 valence electrons. The SMILES string of the molecule is CC(CNC(=O)C1CCCN(c2ncccc2C(F)(F)F)C1)c1ccccc1. The van der Waals surface area contributed by atoms with Crippen LogP contribution in [-0.2, 0) is 11.0 Å². The number of halogens is 3. The van der Waals surface area contributed by atoms with Gasteiger partial charge in [0.25, 0.3) is 0 Å². The maximum absolute atomic E-state index is 13.3.